The summed E-state index contributed by atoms with van der Waals surface area (Å²) in [5.74, 6) is -0.676. The highest BCUT2D eigenvalue weighted by molar-refractivity contribution is 7.85. The molecule has 0 aliphatic carbocycles. The predicted octanol–water partition coefficient (Wildman–Crippen LogP) is -0.836. The van der Waals surface area contributed by atoms with Crippen LogP contribution in [0.15, 0.2) is 23.2 Å². The van der Waals surface area contributed by atoms with Gasteiger partial charge in [-0.05, 0) is 0 Å². The van der Waals surface area contributed by atoms with Crippen molar-refractivity contribution in [1.82, 2.24) is 0 Å². The maximum absolute atomic E-state index is 10.4. The van der Waals surface area contributed by atoms with E-state index in [0.29, 0.717) is 4.73 Å². The van der Waals surface area contributed by atoms with E-state index in [-0.39, 0.29) is 0 Å². The zero-order chi connectivity index (χ0) is 9.35. The molecule has 0 bridgehead atoms. The molecule has 12 heavy (non-hydrogen) atoms. The van der Waals surface area contributed by atoms with Crippen LogP contribution < -0.4 is 4.73 Å². The van der Waals surface area contributed by atoms with E-state index in [1.54, 1.807) is 0 Å². The molecule has 0 spiro atoms. The van der Waals surface area contributed by atoms with E-state index in [9.17, 15) is 8.42 Å². The van der Waals surface area contributed by atoms with E-state index in [4.69, 9.17) is 14.9 Å². The van der Waals surface area contributed by atoms with E-state index in [1.165, 1.54) is 0 Å². The fourth-order valence-corrected chi connectivity index (χ4v) is 1.11. The lowest BCUT2D eigenvalue weighted by molar-refractivity contribution is -0.907. The molecule has 0 aliphatic heterocycles. The van der Waals surface area contributed by atoms with Crippen molar-refractivity contribution < 1.29 is 28.0 Å². The first-order chi connectivity index (χ1) is 5.41. The van der Waals surface area contributed by atoms with Gasteiger partial charge in [-0.2, -0.15) is 8.42 Å². The Bertz CT molecular complexity index is 398. The molecule has 0 saturated heterocycles. The number of hydrogen-bond acceptors (Lipinski definition) is 4. The molecule has 0 amide bonds. The van der Waals surface area contributed by atoms with Crippen LogP contribution >= 0.6 is 0 Å². The Morgan fingerprint density at radius 1 is 1.42 bits per heavy atom. The number of nitrogens with zero attached hydrogens (tertiary/aromatic N) is 1. The van der Waals surface area contributed by atoms with Gasteiger partial charge in [0.1, 0.15) is 4.90 Å². The molecule has 0 aliphatic rings. The van der Waals surface area contributed by atoms with Gasteiger partial charge < -0.3 is 5.11 Å². The van der Waals surface area contributed by atoms with Crippen LogP contribution in [0.4, 0.5) is 0 Å². The molecule has 1 rings (SSSR count). The first kappa shape index (κ1) is 8.75. The standard InChI is InChI=1S/C5H5NO5S/c7-5-3-4(12(9,10)11)1-2-6(5)8/h1-3,8H,(H,9,10,11)/p+1. The lowest BCUT2D eigenvalue weighted by Gasteiger charge is -1.93. The Morgan fingerprint density at radius 2 is 2.00 bits per heavy atom. The second-order valence-corrected chi connectivity index (χ2v) is 3.46. The fraction of sp³-hybridized carbons (Fsp3) is 0. The Hall–Kier alpha value is -1.34. The predicted molar refractivity (Wildman–Crippen MR) is 35.3 cm³/mol. The van der Waals surface area contributed by atoms with Crippen LogP contribution in [0.2, 0.25) is 0 Å². The molecule has 1 aromatic rings. The van der Waals surface area contributed by atoms with Gasteiger partial charge in [0.25, 0.3) is 10.1 Å². The smallest absolute Gasteiger partial charge is 0.415 e. The van der Waals surface area contributed by atoms with Crippen molar-refractivity contribution >= 4 is 10.1 Å². The lowest BCUT2D eigenvalue weighted by Crippen LogP contribution is -2.29. The van der Waals surface area contributed by atoms with Gasteiger partial charge in [-0.3, -0.25) is 9.76 Å². The zero-order valence-electron chi connectivity index (χ0n) is 5.75. The topological polar surface area (TPSA) is 98.7 Å². The first-order valence-electron chi connectivity index (χ1n) is 2.82. The summed E-state index contributed by atoms with van der Waals surface area (Å²) >= 11 is 0. The van der Waals surface area contributed by atoms with Gasteiger partial charge in [-0.15, -0.1) is 0 Å². The molecule has 0 saturated carbocycles. The van der Waals surface area contributed by atoms with Crippen LogP contribution in [0, 0.1) is 0 Å². The SMILES string of the molecule is O=S(=O)(O)c1cc[n+](O)c(O)c1. The number of aromatic hydroxyl groups is 1. The summed E-state index contributed by atoms with van der Waals surface area (Å²) in [6.07, 6.45) is 0.887. The summed E-state index contributed by atoms with van der Waals surface area (Å²) < 4.78 is 29.7. The Balaban J connectivity index is 3.33. The van der Waals surface area contributed by atoms with Gasteiger partial charge in [0, 0.05) is 10.8 Å². The van der Waals surface area contributed by atoms with E-state index in [0.717, 1.165) is 18.3 Å². The molecular weight excluding hydrogens is 186 g/mol. The fourth-order valence-electron chi connectivity index (χ4n) is 0.622. The largest absolute Gasteiger partial charge is 0.457 e. The van der Waals surface area contributed by atoms with Crippen molar-refractivity contribution in [2.24, 2.45) is 0 Å². The Labute approximate surface area is 68.0 Å². The Kier molecular flexibility index (Phi) is 1.90. The average Bonchev–Trinajstić information content (AvgIpc) is 1.92. The quantitative estimate of drug-likeness (QED) is 0.306. The van der Waals surface area contributed by atoms with Crippen LogP contribution in [0.5, 0.6) is 5.88 Å². The number of aromatic nitrogens is 1. The molecule has 6 nitrogen and oxygen atoms in total. The summed E-state index contributed by atoms with van der Waals surface area (Å²) in [4.78, 5) is -0.481. The monoisotopic (exact) mass is 192 g/mol. The second-order valence-electron chi connectivity index (χ2n) is 2.04. The van der Waals surface area contributed by atoms with Crippen molar-refractivity contribution in [3.8, 4) is 5.88 Å². The second kappa shape index (κ2) is 2.61. The van der Waals surface area contributed by atoms with Crippen LogP contribution in [0.25, 0.3) is 0 Å². The maximum atomic E-state index is 10.4. The molecule has 0 radical (unpaired) electrons. The zero-order valence-corrected chi connectivity index (χ0v) is 6.56. The third-order valence-electron chi connectivity index (χ3n) is 1.18. The van der Waals surface area contributed by atoms with Crippen LogP contribution in [0.3, 0.4) is 0 Å². The number of pyridine rings is 1. The molecule has 0 aromatic carbocycles. The highest BCUT2D eigenvalue weighted by atomic mass is 32.2. The normalized spacial score (nSPS) is 11.4. The van der Waals surface area contributed by atoms with Gasteiger partial charge in [0.05, 0.1) is 6.07 Å². The van der Waals surface area contributed by atoms with Gasteiger partial charge in [0.15, 0.2) is 0 Å². The van der Waals surface area contributed by atoms with E-state index in [2.05, 4.69) is 0 Å². The number of rotatable bonds is 1. The molecule has 0 fully saturated rings. The highest BCUT2D eigenvalue weighted by Gasteiger charge is 2.16. The minimum atomic E-state index is -4.33. The first-order valence-corrected chi connectivity index (χ1v) is 4.26. The van der Waals surface area contributed by atoms with Crippen molar-refractivity contribution in [3.63, 3.8) is 0 Å². The van der Waals surface area contributed by atoms with Gasteiger partial charge in [0.2, 0.25) is 6.20 Å². The summed E-state index contributed by atoms with van der Waals surface area (Å²) in [6.45, 7) is 0. The van der Waals surface area contributed by atoms with Crippen molar-refractivity contribution in [2.75, 3.05) is 0 Å². The third-order valence-corrected chi connectivity index (χ3v) is 2.03. The van der Waals surface area contributed by atoms with Gasteiger partial charge >= 0.3 is 5.88 Å². The van der Waals surface area contributed by atoms with Crippen molar-refractivity contribution in [1.29, 1.82) is 0 Å². The van der Waals surface area contributed by atoms with Crippen molar-refractivity contribution in [2.45, 2.75) is 4.90 Å². The summed E-state index contributed by atoms with van der Waals surface area (Å²) in [5, 5.41) is 17.5. The van der Waals surface area contributed by atoms with Crippen LogP contribution in [-0.4, -0.2) is 23.3 Å². The highest BCUT2D eigenvalue weighted by Crippen LogP contribution is 2.10. The van der Waals surface area contributed by atoms with Crippen molar-refractivity contribution in [3.05, 3.63) is 18.3 Å². The van der Waals surface area contributed by atoms with Crippen LogP contribution in [0.1, 0.15) is 0 Å². The summed E-state index contributed by atoms with van der Waals surface area (Å²) in [7, 11) is -4.33. The minimum absolute atomic E-state index is 0.314. The van der Waals surface area contributed by atoms with Crippen LogP contribution in [-0.2, 0) is 10.1 Å². The summed E-state index contributed by atoms with van der Waals surface area (Å²) in [6, 6.07) is 1.66. The molecular formula is C5H6NO5S+. The Morgan fingerprint density at radius 3 is 2.42 bits per heavy atom. The molecule has 66 valence electrons. The maximum Gasteiger partial charge on any atom is 0.415 e. The van der Waals surface area contributed by atoms with Gasteiger partial charge in [-0.1, -0.05) is 0 Å². The van der Waals surface area contributed by atoms with Gasteiger partial charge in [-0.25, -0.2) is 0 Å². The van der Waals surface area contributed by atoms with E-state index < -0.39 is 20.9 Å². The minimum Gasteiger partial charge on any atom is -0.457 e. The molecule has 3 N–H and O–H groups in total. The third kappa shape index (κ3) is 1.63. The number of hydrogen-bond donors (Lipinski definition) is 3. The summed E-state index contributed by atoms with van der Waals surface area (Å²) in [5.41, 5.74) is 0. The van der Waals surface area contributed by atoms with E-state index >= 15 is 0 Å². The molecule has 1 aromatic heterocycles. The average molecular weight is 192 g/mol. The van der Waals surface area contributed by atoms with E-state index in [1.807, 2.05) is 0 Å². The lowest BCUT2D eigenvalue weighted by atomic mass is 10.5. The molecule has 7 heteroatoms. The molecule has 0 unspecified atom stereocenters. The molecule has 1 heterocycles. The molecule has 0 atom stereocenters.